The van der Waals surface area contributed by atoms with Crippen LogP contribution in [0.2, 0.25) is 0 Å². The molecule has 0 spiro atoms. The van der Waals surface area contributed by atoms with E-state index < -0.39 is 0 Å². The number of nitrogens with one attached hydrogen (secondary N) is 1. The SMILES string of the molecule is CNCCc1ccccc1PCl. The molecule has 0 saturated carbocycles. The molecule has 0 aliphatic rings. The number of likely N-dealkylation sites (N-methyl/N-ethyl adjacent to an activating group) is 1. The molecule has 0 aromatic heterocycles. The van der Waals surface area contributed by atoms with Crippen LogP contribution in [0.1, 0.15) is 5.56 Å². The standard InChI is InChI=1S/C9H13ClNP/c1-11-7-6-8-4-2-3-5-9(8)12-10/h2-5,11-12H,6-7H2,1H3. The largest absolute Gasteiger partial charge is 0.319 e. The van der Waals surface area contributed by atoms with E-state index in [-0.39, 0.29) is 0 Å². The maximum absolute atomic E-state index is 5.82. The summed E-state index contributed by atoms with van der Waals surface area (Å²) in [6.07, 6.45) is 1.06. The fraction of sp³-hybridized carbons (Fsp3) is 0.333. The predicted octanol–water partition coefficient (Wildman–Crippen LogP) is 1.91. The van der Waals surface area contributed by atoms with Crippen LogP contribution in [0, 0.1) is 0 Å². The Morgan fingerprint density at radius 2 is 2.17 bits per heavy atom. The Kier molecular flexibility index (Phi) is 4.60. The van der Waals surface area contributed by atoms with Crippen LogP contribution < -0.4 is 10.6 Å². The van der Waals surface area contributed by atoms with Gasteiger partial charge in [-0.3, -0.25) is 0 Å². The molecular weight excluding hydrogens is 189 g/mol. The summed E-state index contributed by atoms with van der Waals surface area (Å²) in [5.74, 6) is 0. The van der Waals surface area contributed by atoms with Crippen LogP contribution in [0.25, 0.3) is 0 Å². The van der Waals surface area contributed by atoms with Gasteiger partial charge in [0, 0.05) is 7.93 Å². The first-order valence-corrected chi connectivity index (χ1v) is 5.99. The lowest BCUT2D eigenvalue weighted by atomic mass is 10.1. The minimum atomic E-state index is 0.385. The van der Waals surface area contributed by atoms with Gasteiger partial charge < -0.3 is 5.32 Å². The molecule has 66 valence electrons. The summed E-state index contributed by atoms with van der Waals surface area (Å²) in [7, 11) is 2.35. The van der Waals surface area contributed by atoms with Gasteiger partial charge in [0.15, 0.2) is 0 Å². The first-order valence-electron chi connectivity index (χ1n) is 3.97. The molecule has 0 fully saturated rings. The predicted molar refractivity (Wildman–Crippen MR) is 57.9 cm³/mol. The van der Waals surface area contributed by atoms with Gasteiger partial charge in [-0.2, -0.15) is 0 Å². The summed E-state index contributed by atoms with van der Waals surface area (Å²) in [5.41, 5.74) is 1.36. The van der Waals surface area contributed by atoms with E-state index in [9.17, 15) is 0 Å². The zero-order valence-electron chi connectivity index (χ0n) is 7.10. The molecule has 0 bridgehead atoms. The van der Waals surface area contributed by atoms with Crippen molar-refractivity contribution in [3.63, 3.8) is 0 Å². The van der Waals surface area contributed by atoms with Crippen molar-refractivity contribution in [3.05, 3.63) is 29.8 Å². The second-order valence-corrected chi connectivity index (χ2v) is 3.90. The highest BCUT2D eigenvalue weighted by Crippen LogP contribution is 2.17. The normalized spacial score (nSPS) is 11.2. The van der Waals surface area contributed by atoms with Crippen molar-refractivity contribution in [2.24, 2.45) is 0 Å². The van der Waals surface area contributed by atoms with Crippen molar-refractivity contribution in [1.29, 1.82) is 0 Å². The zero-order valence-corrected chi connectivity index (χ0v) is 8.86. The molecule has 1 nitrogen and oxygen atoms in total. The Labute approximate surface area is 80.1 Å². The maximum atomic E-state index is 5.82. The van der Waals surface area contributed by atoms with Crippen LogP contribution in [-0.2, 0) is 6.42 Å². The third-order valence-electron chi connectivity index (χ3n) is 1.76. The van der Waals surface area contributed by atoms with Crippen molar-refractivity contribution >= 4 is 24.5 Å². The molecule has 1 aromatic rings. The molecular formula is C9H13ClNP. The summed E-state index contributed by atoms with van der Waals surface area (Å²) < 4.78 is 0. The van der Waals surface area contributed by atoms with Crippen molar-refractivity contribution in [3.8, 4) is 0 Å². The van der Waals surface area contributed by atoms with Gasteiger partial charge in [0.25, 0.3) is 0 Å². The van der Waals surface area contributed by atoms with E-state index in [1.807, 2.05) is 13.1 Å². The fourth-order valence-electron chi connectivity index (χ4n) is 1.09. The fourth-order valence-corrected chi connectivity index (χ4v) is 2.13. The van der Waals surface area contributed by atoms with Gasteiger partial charge in [-0.05, 0) is 30.9 Å². The van der Waals surface area contributed by atoms with E-state index >= 15 is 0 Å². The average molecular weight is 202 g/mol. The molecule has 0 aliphatic carbocycles. The number of hydrogen-bond acceptors (Lipinski definition) is 1. The van der Waals surface area contributed by atoms with E-state index in [0.717, 1.165) is 13.0 Å². The topological polar surface area (TPSA) is 12.0 Å². The van der Waals surface area contributed by atoms with Gasteiger partial charge in [0.1, 0.15) is 0 Å². The van der Waals surface area contributed by atoms with Crippen molar-refractivity contribution < 1.29 is 0 Å². The van der Waals surface area contributed by atoms with Crippen LogP contribution in [0.5, 0.6) is 0 Å². The Hall–Kier alpha value is -0.100. The molecule has 3 heteroatoms. The summed E-state index contributed by atoms with van der Waals surface area (Å²) >= 11 is 5.82. The number of hydrogen-bond donors (Lipinski definition) is 1. The third kappa shape index (κ3) is 2.75. The lowest BCUT2D eigenvalue weighted by molar-refractivity contribution is 0.794. The molecule has 1 atom stereocenters. The van der Waals surface area contributed by atoms with E-state index in [2.05, 4.69) is 23.5 Å². The monoisotopic (exact) mass is 201 g/mol. The van der Waals surface area contributed by atoms with Crippen LogP contribution in [0.15, 0.2) is 24.3 Å². The first kappa shape index (κ1) is 9.98. The third-order valence-corrected chi connectivity index (χ3v) is 3.07. The molecule has 0 radical (unpaired) electrons. The molecule has 0 aliphatic heterocycles. The van der Waals surface area contributed by atoms with E-state index in [4.69, 9.17) is 11.2 Å². The van der Waals surface area contributed by atoms with Gasteiger partial charge >= 0.3 is 0 Å². The number of rotatable bonds is 4. The summed E-state index contributed by atoms with van der Waals surface area (Å²) in [6, 6.07) is 8.33. The highest BCUT2D eigenvalue weighted by Gasteiger charge is 1.98. The molecule has 1 unspecified atom stereocenters. The lowest BCUT2D eigenvalue weighted by Gasteiger charge is -2.05. The maximum Gasteiger partial charge on any atom is 0.00688 e. The molecule has 12 heavy (non-hydrogen) atoms. The average Bonchev–Trinajstić information content (AvgIpc) is 2.15. The molecule has 1 aromatic carbocycles. The Morgan fingerprint density at radius 3 is 2.83 bits per heavy atom. The molecule has 0 heterocycles. The minimum Gasteiger partial charge on any atom is -0.319 e. The van der Waals surface area contributed by atoms with Crippen molar-refractivity contribution in [2.75, 3.05) is 13.6 Å². The first-order chi connectivity index (χ1) is 5.88. The van der Waals surface area contributed by atoms with E-state index in [0.29, 0.717) is 7.93 Å². The minimum absolute atomic E-state index is 0.385. The van der Waals surface area contributed by atoms with Gasteiger partial charge in [-0.1, -0.05) is 35.5 Å². The zero-order chi connectivity index (χ0) is 8.81. The van der Waals surface area contributed by atoms with Gasteiger partial charge in [-0.15, -0.1) is 0 Å². The van der Waals surface area contributed by atoms with Crippen LogP contribution in [0.4, 0.5) is 0 Å². The Bertz CT molecular complexity index is 240. The number of benzene rings is 1. The van der Waals surface area contributed by atoms with Crippen molar-refractivity contribution in [2.45, 2.75) is 6.42 Å². The van der Waals surface area contributed by atoms with Gasteiger partial charge in [0.2, 0.25) is 0 Å². The van der Waals surface area contributed by atoms with Gasteiger partial charge in [0.05, 0.1) is 0 Å². The quantitative estimate of drug-likeness (QED) is 0.734. The number of halogens is 1. The van der Waals surface area contributed by atoms with Crippen LogP contribution >= 0.6 is 19.2 Å². The summed E-state index contributed by atoms with van der Waals surface area (Å²) in [6.45, 7) is 1.01. The lowest BCUT2D eigenvalue weighted by Crippen LogP contribution is -2.14. The Morgan fingerprint density at radius 1 is 1.42 bits per heavy atom. The van der Waals surface area contributed by atoms with E-state index in [1.165, 1.54) is 10.9 Å². The van der Waals surface area contributed by atoms with Crippen LogP contribution in [0.3, 0.4) is 0 Å². The highest BCUT2D eigenvalue weighted by molar-refractivity contribution is 7.75. The smallest absolute Gasteiger partial charge is 0.00688 e. The highest BCUT2D eigenvalue weighted by atomic mass is 35.7. The summed E-state index contributed by atoms with van der Waals surface area (Å²) in [5, 5.41) is 4.40. The van der Waals surface area contributed by atoms with Crippen molar-refractivity contribution in [1.82, 2.24) is 5.32 Å². The molecule has 0 saturated heterocycles. The Balaban J connectivity index is 2.68. The molecule has 1 rings (SSSR count). The van der Waals surface area contributed by atoms with Crippen LogP contribution in [-0.4, -0.2) is 13.6 Å². The molecule has 1 N–H and O–H groups in total. The van der Waals surface area contributed by atoms with E-state index in [1.54, 1.807) is 0 Å². The second-order valence-electron chi connectivity index (χ2n) is 2.61. The summed E-state index contributed by atoms with van der Waals surface area (Å²) in [4.78, 5) is 0. The second kappa shape index (κ2) is 5.53. The molecule has 0 amide bonds. The van der Waals surface area contributed by atoms with Gasteiger partial charge in [-0.25, -0.2) is 0 Å².